The van der Waals surface area contributed by atoms with Crippen molar-refractivity contribution in [2.45, 2.75) is 13.8 Å². The van der Waals surface area contributed by atoms with Gasteiger partial charge in [-0.25, -0.2) is 0 Å². The van der Waals surface area contributed by atoms with Crippen molar-refractivity contribution >= 4 is 5.91 Å². The second kappa shape index (κ2) is 6.79. The molecule has 0 unspecified atom stereocenters. The van der Waals surface area contributed by atoms with E-state index in [2.05, 4.69) is 0 Å². The third-order valence-electron chi connectivity index (χ3n) is 3.09. The van der Waals surface area contributed by atoms with Gasteiger partial charge in [-0.3, -0.25) is 4.79 Å². The molecule has 110 valence electrons. The highest BCUT2D eigenvalue weighted by Gasteiger charge is 2.09. The Labute approximate surface area is 124 Å². The number of hydrogen-bond donors (Lipinski definition) is 1. The van der Waals surface area contributed by atoms with Gasteiger partial charge in [-0.2, -0.15) is 0 Å². The molecule has 2 N–H and O–H groups in total. The molecule has 0 atom stereocenters. The van der Waals surface area contributed by atoms with Crippen LogP contribution < -0.4 is 15.2 Å². The summed E-state index contributed by atoms with van der Waals surface area (Å²) in [6.07, 6.45) is 0. The van der Waals surface area contributed by atoms with Crippen LogP contribution in [0.1, 0.15) is 21.5 Å². The highest BCUT2D eigenvalue weighted by Crippen LogP contribution is 2.20. The third-order valence-corrected chi connectivity index (χ3v) is 3.09. The van der Waals surface area contributed by atoms with E-state index in [1.807, 2.05) is 44.2 Å². The van der Waals surface area contributed by atoms with Gasteiger partial charge in [-0.15, -0.1) is 0 Å². The lowest BCUT2D eigenvalue weighted by molar-refractivity contribution is 0.0995. The van der Waals surface area contributed by atoms with Gasteiger partial charge < -0.3 is 15.2 Å². The summed E-state index contributed by atoms with van der Waals surface area (Å²) in [5.41, 5.74) is 7.80. The molecule has 0 spiro atoms. The number of ether oxygens (including phenoxy) is 2. The summed E-state index contributed by atoms with van der Waals surface area (Å²) in [5, 5.41) is 0. The van der Waals surface area contributed by atoms with E-state index in [1.165, 1.54) is 0 Å². The first kappa shape index (κ1) is 14.9. The van der Waals surface area contributed by atoms with E-state index in [4.69, 9.17) is 15.2 Å². The quantitative estimate of drug-likeness (QED) is 0.830. The molecule has 0 saturated carbocycles. The van der Waals surface area contributed by atoms with Crippen LogP contribution in [0, 0.1) is 13.8 Å². The Bertz CT molecular complexity index is 638. The zero-order valence-corrected chi connectivity index (χ0v) is 12.3. The maximum Gasteiger partial charge on any atom is 0.252 e. The number of amides is 1. The zero-order chi connectivity index (χ0) is 15.2. The summed E-state index contributed by atoms with van der Waals surface area (Å²) < 4.78 is 11.3. The number of aryl methyl sites for hydroxylation is 2. The van der Waals surface area contributed by atoms with Crippen molar-refractivity contribution < 1.29 is 14.3 Å². The third kappa shape index (κ3) is 3.99. The highest BCUT2D eigenvalue weighted by molar-refractivity contribution is 5.95. The van der Waals surface area contributed by atoms with E-state index < -0.39 is 5.91 Å². The van der Waals surface area contributed by atoms with Crippen LogP contribution in [0.5, 0.6) is 11.5 Å². The minimum absolute atomic E-state index is 0.345. The van der Waals surface area contributed by atoms with E-state index in [9.17, 15) is 4.79 Å². The van der Waals surface area contributed by atoms with Crippen LogP contribution in [0.25, 0.3) is 0 Å². The normalized spacial score (nSPS) is 10.2. The van der Waals surface area contributed by atoms with Gasteiger partial charge >= 0.3 is 0 Å². The number of carbonyl (C=O) groups excluding carboxylic acids is 1. The number of para-hydroxylation sites is 1. The predicted octanol–water partition coefficient (Wildman–Crippen LogP) is 2.86. The fourth-order valence-corrected chi connectivity index (χ4v) is 1.97. The monoisotopic (exact) mass is 285 g/mol. The van der Waals surface area contributed by atoms with Crippen LogP contribution in [0.15, 0.2) is 42.5 Å². The number of nitrogens with two attached hydrogens (primary N) is 1. The minimum Gasteiger partial charge on any atom is -0.490 e. The SMILES string of the molecule is Cc1ccc(C(N)=O)c(OCCOc2ccccc2C)c1. The molecule has 0 radical (unpaired) electrons. The van der Waals surface area contributed by atoms with E-state index in [0.29, 0.717) is 24.5 Å². The van der Waals surface area contributed by atoms with Crippen molar-refractivity contribution in [3.63, 3.8) is 0 Å². The molecule has 4 heteroatoms. The Morgan fingerprint density at radius 3 is 2.33 bits per heavy atom. The molecule has 0 fully saturated rings. The van der Waals surface area contributed by atoms with Gasteiger partial charge in [0.25, 0.3) is 5.91 Å². The van der Waals surface area contributed by atoms with Crippen LogP contribution in [-0.4, -0.2) is 19.1 Å². The number of primary amides is 1. The molecule has 2 aromatic rings. The van der Waals surface area contributed by atoms with Gasteiger partial charge in [0, 0.05) is 0 Å². The van der Waals surface area contributed by atoms with Gasteiger partial charge in [-0.1, -0.05) is 24.3 Å². The summed E-state index contributed by atoms with van der Waals surface area (Å²) in [7, 11) is 0. The molecule has 0 aliphatic carbocycles. The number of rotatable bonds is 6. The first-order valence-corrected chi connectivity index (χ1v) is 6.79. The van der Waals surface area contributed by atoms with Crippen LogP contribution in [0.4, 0.5) is 0 Å². The molecular weight excluding hydrogens is 266 g/mol. The number of carbonyl (C=O) groups is 1. The first-order chi connectivity index (χ1) is 10.1. The van der Waals surface area contributed by atoms with E-state index in [0.717, 1.165) is 16.9 Å². The molecule has 2 rings (SSSR count). The fourth-order valence-electron chi connectivity index (χ4n) is 1.97. The second-order valence-electron chi connectivity index (χ2n) is 4.83. The van der Waals surface area contributed by atoms with Gasteiger partial charge in [0.1, 0.15) is 24.7 Å². The van der Waals surface area contributed by atoms with Gasteiger partial charge in [0.15, 0.2) is 0 Å². The number of benzene rings is 2. The average molecular weight is 285 g/mol. The van der Waals surface area contributed by atoms with Crippen molar-refractivity contribution in [3.8, 4) is 11.5 Å². The first-order valence-electron chi connectivity index (χ1n) is 6.79. The molecule has 0 bridgehead atoms. The van der Waals surface area contributed by atoms with Crippen LogP contribution in [-0.2, 0) is 0 Å². The van der Waals surface area contributed by atoms with Crippen LogP contribution in [0.2, 0.25) is 0 Å². The smallest absolute Gasteiger partial charge is 0.252 e. The molecule has 4 nitrogen and oxygen atoms in total. The van der Waals surface area contributed by atoms with Gasteiger partial charge in [0.2, 0.25) is 0 Å². The zero-order valence-electron chi connectivity index (χ0n) is 12.3. The lowest BCUT2D eigenvalue weighted by Crippen LogP contribution is -2.15. The van der Waals surface area contributed by atoms with E-state index in [-0.39, 0.29) is 0 Å². The Balaban J connectivity index is 1.93. The Morgan fingerprint density at radius 1 is 1.00 bits per heavy atom. The second-order valence-corrected chi connectivity index (χ2v) is 4.83. The summed E-state index contributed by atoms with van der Waals surface area (Å²) in [6, 6.07) is 13.1. The predicted molar refractivity (Wildman–Crippen MR) is 81.9 cm³/mol. The topological polar surface area (TPSA) is 61.6 Å². The lowest BCUT2D eigenvalue weighted by atomic mass is 10.1. The molecule has 2 aromatic carbocycles. The Hall–Kier alpha value is -2.49. The van der Waals surface area contributed by atoms with Gasteiger partial charge in [0.05, 0.1) is 5.56 Å². The van der Waals surface area contributed by atoms with Crippen molar-refractivity contribution in [2.75, 3.05) is 13.2 Å². The van der Waals surface area contributed by atoms with E-state index >= 15 is 0 Å². The molecule has 0 saturated heterocycles. The summed E-state index contributed by atoms with van der Waals surface area (Å²) >= 11 is 0. The maximum absolute atomic E-state index is 11.3. The van der Waals surface area contributed by atoms with Gasteiger partial charge in [-0.05, 0) is 43.2 Å². The minimum atomic E-state index is -0.496. The van der Waals surface area contributed by atoms with Crippen molar-refractivity contribution in [1.82, 2.24) is 0 Å². The molecule has 0 heterocycles. The van der Waals surface area contributed by atoms with Crippen molar-refractivity contribution in [2.24, 2.45) is 5.73 Å². The Kier molecular flexibility index (Phi) is 4.82. The summed E-state index contributed by atoms with van der Waals surface area (Å²) in [5.74, 6) is 0.834. The highest BCUT2D eigenvalue weighted by atomic mass is 16.5. The molecule has 1 amide bonds. The fraction of sp³-hybridized carbons (Fsp3) is 0.235. The van der Waals surface area contributed by atoms with Crippen LogP contribution >= 0.6 is 0 Å². The lowest BCUT2D eigenvalue weighted by Gasteiger charge is -2.12. The average Bonchev–Trinajstić information content (AvgIpc) is 2.45. The molecular formula is C17H19NO3. The van der Waals surface area contributed by atoms with Crippen molar-refractivity contribution in [1.29, 1.82) is 0 Å². The largest absolute Gasteiger partial charge is 0.490 e. The Morgan fingerprint density at radius 2 is 1.67 bits per heavy atom. The maximum atomic E-state index is 11.3. The summed E-state index contributed by atoms with van der Waals surface area (Å²) in [4.78, 5) is 11.3. The van der Waals surface area contributed by atoms with E-state index in [1.54, 1.807) is 12.1 Å². The molecule has 0 aliphatic rings. The number of hydrogen-bond acceptors (Lipinski definition) is 3. The standard InChI is InChI=1S/C17H19NO3/c1-12-7-8-14(17(18)19)16(11-12)21-10-9-20-15-6-4-3-5-13(15)2/h3-8,11H,9-10H2,1-2H3,(H2,18,19). The molecule has 0 aliphatic heterocycles. The molecule has 0 aromatic heterocycles. The summed E-state index contributed by atoms with van der Waals surface area (Å²) in [6.45, 7) is 4.67. The van der Waals surface area contributed by atoms with Crippen molar-refractivity contribution in [3.05, 3.63) is 59.2 Å². The molecule has 21 heavy (non-hydrogen) atoms. The van der Waals surface area contributed by atoms with Crippen LogP contribution in [0.3, 0.4) is 0 Å².